The van der Waals surface area contributed by atoms with E-state index in [-0.39, 0.29) is 0 Å². The van der Waals surface area contributed by atoms with E-state index in [4.69, 9.17) is 20.6 Å². The third-order valence-electron chi connectivity index (χ3n) is 4.97. The first-order chi connectivity index (χ1) is 11.9. The number of rotatable bonds is 2. The van der Waals surface area contributed by atoms with E-state index in [0.717, 1.165) is 23.5 Å². The zero-order valence-electron chi connectivity index (χ0n) is 13.1. The zero-order valence-corrected chi connectivity index (χ0v) is 13.1. The molecule has 2 saturated heterocycles. The molecule has 0 unspecified atom stereocenters. The molecule has 4 rings (SSSR count). The lowest BCUT2D eigenvalue weighted by molar-refractivity contribution is -0.225. The predicted molar refractivity (Wildman–Crippen MR) is 81.6 cm³/mol. The topological polar surface area (TPSA) is 120 Å². The second-order valence-corrected chi connectivity index (χ2v) is 6.46. The van der Waals surface area contributed by atoms with Crippen LogP contribution < -0.4 is 11.2 Å². The maximum atomic E-state index is 12.2. The van der Waals surface area contributed by atoms with Crippen molar-refractivity contribution in [1.82, 2.24) is 9.55 Å². The Balaban J connectivity index is 1.84. The van der Waals surface area contributed by atoms with Crippen LogP contribution in [0.4, 0.5) is 0 Å². The number of hydrogen-bond donors (Lipinski definition) is 2. The molecule has 2 N–H and O–H groups in total. The van der Waals surface area contributed by atoms with E-state index >= 15 is 0 Å². The van der Waals surface area contributed by atoms with Crippen molar-refractivity contribution in [2.75, 3.05) is 0 Å². The molecule has 1 saturated carbocycles. The lowest BCUT2D eigenvalue weighted by Gasteiger charge is -2.30. The molecule has 0 aromatic carbocycles. The van der Waals surface area contributed by atoms with Crippen molar-refractivity contribution >= 4 is 5.97 Å². The molecule has 1 aliphatic carbocycles. The van der Waals surface area contributed by atoms with Crippen molar-refractivity contribution in [2.45, 2.75) is 55.5 Å². The fourth-order valence-electron chi connectivity index (χ4n) is 3.89. The number of aliphatic carboxylic acids is 1. The van der Waals surface area contributed by atoms with E-state index in [1.54, 1.807) is 0 Å². The summed E-state index contributed by atoms with van der Waals surface area (Å²) in [5.74, 6) is 0.258. The third-order valence-corrected chi connectivity index (χ3v) is 4.97. The lowest BCUT2D eigenvalue weighted by atomic mass is 9.95. The molecule has 0 radical (unpaired) electrons. The van der Waals surface area contributed by atoms with Crippen molar-refractivity contribution in [3.05, 3.63) is 33.1 Å². The number of nitrogens with zero attached hydrogens (tertiary/aromatic N) is 1. The first-order valence-corrected chi connectivity index (χ1v) is 7.96. The Bertz CT molecular complexity index is 875. The number of aromatic amines is 1. The molecule has 3 fully saturated rings. The molecule has 3 heterocycles. The van der Waals surface area contributed by atoms with Gasteiger partial charge in [-0.3, -0.25) is 14.3 Å². The largest absolute Gasteiger partial charge is 0.479 e. The molecule has 9 nitrogen and oxygen atoms in total. The average Bonchev–Trinajstić information content (AvgIpc) is 3.22. The molecule has 1 spiro atoms. The molecule has 132 valence electrons. The predicted octanol–water partition coefficient (Wildman–Crippen LogP) is -0.424. The van der Waals surface area contributed by atoms with Crippen LogP contribution in [0.1, 0.15) is 31.9 Å². The van der Waals surface area contributed by atoms with Crippen LogP contribution >= 0.6 is 0 Å². The number of carbonyl (C=O) groups is 1. The molecular formula is C16H16N2O7. The van der Waals surface area contributed by atoms with Gasteiger partial charge in [-0.15, -0.1) is 6.42 Å². The number of hydrogen-bond acceptors (Lipinski definition) is 6. The molecule has 0 bridgehead atoms. The number of nitrogens with one attached hydrogen (secondary N) is 1. The fourth-order valence-corrected chi connectivity index (χ4v) is 3.89. The highest BCUT2D eigenvalue weighted by Crippen LogP contribution is 2.54. The molecular weight excluding hydrogens is 332 g/mol. The van der Waals surface area contributed by atoms with Gasteiger partial charge in [0.25, 0.3) is 5.56 Å². The highest BCUT2D eigenvalue weighted by atomic mass is 16.8. The monoisotopic (exact) mass is 348 g/mol. The van der Waals surface area contributed by atoms with Gasteiger partial charge in [0, 0.05) is 25.1 Å². The minimum absolute atomic E-state index is 0.587. The van der Waals surface area contributed by atoms with E-state index < -0.39 is 47.0 Å². The molecule has 25 heavy (non-hydrogen) atoms. The molecule has 2 aliphatic heterocycles. The van der Waals surface area contributed by atoms with Crippen LogP contribution in [0.3, 0.4) is 0 Å². The maximum absolute atomic E-state index is 12.2. The molecule has 4 atom stereocenters. The Morgan fingerprint density at radius 1 is 1.40 bits per heavy atom. The number of fused-ring (bicyclic) bond motifs is 1. The van der Waals surface area contributed by atoms with Crippen LogP contribution in [0.5, 0.6) is 0 Å². The maximum Gasteiger partial charge on any atom is 0.335 e. The van der Waals surface area contributed by atoms with Gasteiger partial charge in [0.2, 0.25) is 5.60 Å². The number of terminal acetylenes is 1. The van der Waals surface area contributed by atoms with Gasteiger partial charge in [-0.25, -0.2) is 9.59 Å². The number of carboxylic acids is 1. The van der Waals surface area contributed by atoms with Crippen LogP contribution in [-0.2, 0) is 19.0 Å². The highest BCUT2D eigenvalue weighted by molar-refractivity contribution is 5.74. The van der Waals surface area contributed by atoms with Gasteiger partial charge in [0.05, 0.1) is 0 Å². The van der Waals surface area contributed by atoms with E-state index in [1.807, 2.05) is 0 Å². The zero-order chi connectivity index (χ0) is 17.8. The SMILES string of the molecule is C#C[C@@]12OC3(CCCC3)O[C@@H]1[C@@H](C(=O)O)O[C@H]2n1ccc(=O)[nH]c1=O. The summed E-state index contributed by atoms with van der Waals surface area (Å²) in [6.45, 7) is 0. The van der Waals surface area contributed by atoms with Crippen molar-refractivity contribution in [3.63, 3.8) is 0 Å². The summed E-state index contributed by atoms with van der Waals surface area (Å²) >= 11 is 0. The Hall–Kier alpha value is -2.41. The third kappa shape index (κ3) is 2.18. The summed E-state index contributed by atoms with van der Waals surface area (Å²) in [5, 5.41) is 9.51. The standard InChI is InChI=1S/C16H16N2O7/c1-2-16-11(24-15(25-16)6-3-4-7-15)10(12(20)21)23-13(16)18-8-5-9(19)17-14(18)22/h1,5,8,10-11,13H,3-4,6-7H2,(H,20,21)(H,17,19,22)/t10-,11+,13+,16+/m0/s1. The summed E-state index contributed by atoms with van der Waals surface area (Å²) in [6, 6.07) is 1.12. The summed E-state index contributed by atoms with van der Waals surface area (Å²) in [6.07, 6.45) is 6.16. The number of H-pyrrole nitrogens is 1. The normalized spacial score (nSPS) is 35.6. The minimum atomic E-state index is -1.57. The first kappa shape index (κ1) is 16.1. The van der Waals surface area contributed by atoms with Crippen LogP contribution in [0, 0.1) is 12.3 Å². The van der Waals surface area contributed by atoms with Gasteiger partial charge in [-0.05, 0) is 12.8 Å². The molecule has 1 aromatic heterocycles. The number of ether oxygens (including phenoxy) is 3. The van der Waals surface area contributed by atoms with Crippen LogP contribution in [0.2, 0.25) is 0 Å². The van der Waals surface area contributed by atoms with E-state index in [1.165, 1.54) is 6.20 Å². The van der Waals surface area contributed by atoms with Gasteiger partial charge in [-0.1, -0.05) is 5.92 Å². The van der Waals surface area contributed by atoms with Crippen molar-refractivity contribution in [1.29, 1.82) is 0 Å². The summed E-state index contributed by atoms with van der Waals surface area (Å²) in [7, 11) is 0. The highest BCUT2D eigenvalue weighted by Gasteiger charge is 2.70. The molecule has 3 aliphatic rings. The number of aromatic nitrogens is 2. The second-order valence-electron chi connectivity index (χ2n) is 6.46. The Kier molecular flexibility index (Phi) is 3.40. The molecule has 9 heteroatoms. The van der Waals surface area contributed by atoms with Gasteiger partial charge in [-0.2, -0.15) is 0 Å². The van der Waals surface area contributed by atoms with Crippen LogP contribution in [-0.4, -0.2) is 44.2 Å². The molecule has 1 aromatic rings. The van der Waals surface area contributed by atoms with Gasteiger partial charge in [0.15, 0.2) is 18.1 Å². The lowest BCUT2D eigenvalue weighted by Crippen LogP contribution is -2.47. The van der Waals surface area contributed by atoms with Crippen molar-refractivity contribution in [2.24, 2.45) is 0 Å². The van der Waals surface area contributed by atoms with Gasteiger partial charge >= 0.3 is 11.7 Å². The second kappa shape index (κ2) is 5.29. The Labute approximate surface area is 141 Å². The minimum Gasteiger partial charge on any atom is -0.479 e. The summed E-state index contributed by atoms with van der Waals surface area (Å²) in [5.41, 5.74) is -2.93. The smallest absolute Gasteiger partial charge is 0.335 e. The quantitative estimate of drug-likeness (QED) is 0.696. The Morgan fingerprint density at radius 3 is 2.72 bits per heavy atom. The summed E-state index contributed by atoms with van der Waals surface area (Å²) in [4.78, 5) is 37.2. The first-order valence-electron chi connectivity index (χ1n) is 7.96. The van der Waals surface area contributed by atoms with E-state index in [2.05, 4.69) is 10.9 Å². The Morgan fingerprint density at radius 2 is 2.12 bits per heavy atom. The average molecular weight is 348 g/mol. The fraction of sp³-hybridized carbons (Fsp3) is 0.562. The molecule has 0 amide bonds. The van der Waals surface area contributed by atoms with Gasteiger partial charge < -0.3 is 19.3 Å². The van der Waals surface area contributed by atoms with Crippen molar-refractivity contribution < 1.29 is 24.1 Å². The summed E-state index contributed by atoms with van der Waals surface area (Å²) < 4.78 is 18.6. The van der Waals surface area contributed by atoms with Crippen LogP contribution in [0.25, 0.3) is 0 Å². The van der Waals surface area contributed by atoms with Crippen LogP contribution in [0.15, 0.2) is 21.9 Å². The van der Waals surface area contributed by atoms with E-state index in [9.17, 15) is 19.5 Å². The van der Waals surface area contributed by atoms with Crippen molar-refractivity contribution in [3.8, 4) is 12.3 Å². The van der Waals surface area contributed by atoms with Gasteiger partial charge in [0.1, 0.15) is 6.10 Å². The number of carboxylic acid groups (broad SMARTS) is 1. The van der Waals surface area contributed by atoms with E-state index in [0.29, 0.717) is 12.8 Å².